The first-order chi connectivity index (χ1) is 8.13. The quantitative estimate of drug-likeness (QED) is 0.604. The molecule has 3 N–H and O–H groups in total. The number of benzene rings is 1. The molecule has 0 saturated carbocycles. The van der Waals surface area contributed by atoms with Gasteiger partial charge in [0.05, 0.1) is 0 Å². The second kappa shape index (κ2) is 7.22. The molecule has 4 heteroatoms. The Balaban J connectivity index is 2.40. The van der Waals surface area contributed by atoms with Crippen LogP contribution in [0.25, 0.3) is 0 Å². The van der Waals surface area contributed by atoms with Crippen LogP contribution in [0.4, 0.5) is 5.69 Å². The van der Waals surface area contributed by atoms with Gasteiger partial charge in [-0.15, -0.1) is 0 Å². The van der Waals surface area contributed by atoms with Crippen LogP contribution in [0.3, 0.4) is 0 Å². The second-order valence-corrected chi connectivity index (χ2v) is 5.38. The Morgan fingerprint density at radius 2 is 2.06 bits per heavy atom. The fourth-order valence-electron chi connectivity index (χ4n) is 1.42. The molecule has 1 aromatic carbocycles. The van der Waals surface area contributed by atoms with Gasteiger partial charge in [0.15, 0.2) is 0 Å². The first-order valence-corrected chi connectivity index (χ1v) is 7.03. The number of amides is 1. The lowest BCUT2D eigenvalue weighted by molar-refractivity contribution is 0.0939. The first kappa shape index (κ1) is 13.9. The Morgan fingerprint density at radius 1 is 1.41 bits per heavy atom. The van der Waals surface area contributed by atoms with E-state index in [1.165, 1.54) is 0 Å². The fraction of sp³-hybridized carbons (Fsp3) is 0.462. The summed E-state index contributed by atoms with van der Waals surface area (Å²) < 4.78 is 0. The molecule has 0 heterocycles. The summed E-state index contributed by atoms with van der Waals surface area (Å²) in [5, 5.41) is 2.98. The summed E-state index contributed by atoms with van der Waals surface area (Å²) in [5.41, 5.74) is 6.91. The van der Waals surface area contributed by atoms with Crippen LogP contribution in [-0.4, -0.2) is 23.5 Å². The summed E-state index contributed by atoms with van der Waals surface area (Å²) in [6.07, 6.45) is 0.999. The van der Waals surface area contributed by atoms with Crippen LogP contribution in [0.5, 0.6) is 0 Å². The molecular formula is C13H20N2OS. The molecule has 0 aliphatic heterocycles. The number of nitrogen functional groups attached to an aromatic ring is 1. The van der Waals surface area contributed by atoms with E-state index < -0.39 is 0 Å². The van der Waals surface area contributed by atoms with Crippen molar-refractivity contribution >= 4 is 23.4 Å². The van der Waals surface area contributed by atoms with E-state index >= 15 is 0 Å². The zero-order valence-corrected chi connectivity index (χ0v) is 11.2. The minimum atomic E-state index is -0.0287. The van der Waals surface area contributed by atoms with Crippen LogP contribution >= 0.6 is 11.8 Å². The molecule has 1 rings (SSSR count). The number of nitrogens with one attached hydrogen (secondary N) is 1. The SMILES string of the molecule is CCSCCC(C)NC(=O)c1ccc(N)cc1. The molecule has 0 aliphatic rings. The number of hydrogen-bond donors (Lipinski definition) is 2. The van der Waals surface area contributed by atoms with Crippen molar-refractivity contribution in [3.05, 3.63) is 29.8 Å². The van der Waals surface area contributed by atoms with Crippen molar-refractivity contribution in [1.29, 1.82) is 0 Å². The van der Waals surface area contributed by atoms with Crippen LogP contribution in [0.2, 0.25) is 0 Å². The second-order valence-electron chi connectivity index (χ2n) is 3.98. The molecule has 0 radical (unpaired) electrons. The van der Waals surface area contributed by atoms with Crippen molar-refractivity contribution in [2.75, 3.05) is 17.2 Å². The van der Waals surface area contributed by atoms with Crippen LogP contribution in [0, 0.1) is 0 Å². The van der Waals surface area contributed by atoms with Gasteiger partial charge in [0, 0.05) is 17.3 Å². The molecule has 0 aromatic heterocycles. The van der Waals surface area contributed by atoms with Crippen LogP contribution < -0.4 is 11.1 Å². The Hall–Kier alpha value is -1.16. The highest BCUT2D eigenvalue weighted by Crippen LogP contribution is 2.07. The highest BCUT2D eigenvalue weighted by Gasteiger charge is 2.08. The van der Waals surface area contributed by atoms with Gasteiger partial charge in [-0.25, -0.2) is 0 Å². The molecule has 1 aromatic rings. The number of thioether (sulfide) groups is 1. The number of carbonyl (C=O) groups is 1. The average molecular weight is 252 g/mol. The average Bonchev–Trinajstić information content (AvgIpc) is 2.30. The molecule has 0 aliphatic carbocycles. The standard InChI is InChI=1S/C13H20N2OS/c1-3-17-9-8-10(2)15-13(16)11-4-6-12(14)7-5-11/h4-7,10H,3,8-9,14H2,1-2H3,(H,15,16). The third-order valence-electron chi connectivity index (χ3n) is 2.45. The van der Waals surface area contributed by atoms with Crippen LogP contribution in [0.15, 0.2) is 24.3 Å². The lowest BCUT2D eigenvalue weighted by Gasteiger charge is -2.13. The van der Waals surface area contributed by atoms with E-state index in [0.717, 1.165) is 17.9 Å². The molecule has 1 atom stereocenters. The summed E-state index contributed by atoms with van der Waals surface area (Å²) in [7, 11) is 0. The van der Waals surface area contributed by atoms with Gasteiger partial charge in [0.1, 0.15) is 0 Å². The van der Waals surface area contributed by atoms with Crippen LogP contribution in [0.1, 0.15) is 30.6 Å². The third-order valence-corrected chi connectivity index (χ3v) is 3.38. The Bertz CT molecular complexity index is 351. The van der Waals surface area contributed by atoms with Crippen molar-refractivity contribution in [2.24, 2.45) is 0 Å². The van der Waals surface area contributed by atoms with Crippen molar-refractivity contribution in [2.45, 2.75) is 26.3 Å². The van der Waals surface area contributed by atoms with E-state index in [-0.39, 0.29) is 11.9 Å². The van der Waals surface area contributed by atoms with Gasteiger partial charge in [0.25, 0.3) is 5.91 Å². The van der Waals surface area contributed by atoms with E-state index in [4.69, 9.17) is 5.73 Å². The summed E-state index contributed by atoms with van der Waals surface area (Å²) in [6.45, 7) is 4.17. The minimum absolute atomic E-state index is 0.0287. The Labute approximate surface area is 107 Å². The maximum Gasteiger partial charge on any atom is 0.251 e. The monoisotopic (exact) mass is 252 g/mol. The molecule has 3 nitrogen and oxygen atoms in total. The van der Waals surface area contributed by atoms with Crippen LogP contribution in [-0.2, 0) is 0 Å². The normalized spacial score (nSPS) is 12.1. The molecule has 0 saturated heterocycles. The van der Waals surface area contributed by atoms with Gasteiger partial charge >= 0.3 is 0 Å². The van der Waals surface area contributed by atoms with Gasteiger partial charge in [-0.3, -0.25) is 4.79 Å². The van der Waals surface area contributed by atoms with E-state index in [2.05, 4.69) is 12.2 Å². The maximum absolute atomic E-state index is 11.8. The number of anilines is 1. The van der Waals surface area contributed by atoms with Crippen molar-refractivity contribution in [3.63, 3.8) is 0 Å². The molecule has 0 spiro atoms. The lowest BCUT2D eigenvalue weighted by Crippen LogP contribution is -2.32. The van der Waals surface area contributed by atoms with Gasteiger partial charge in [-0.05, 0) is 49.1 Å². The molecule has 17 heavy (non-hydrogen) atoms. The summed E-state index contributed by atoms with van der Waals surface area (Å²) in [6, 6.07) is 7.19. The lowest BCUT2D eigenvalue weighted by atomic mass is 10.1. The predicted molar refractivity (Wildman–Crippen MR) is 75.4 cm³/mol. The van der Waals surface area contributed by atoms with E-state index in [1.54, 1.807) is 24.3 Å². The van der Waals surface area contributed by atoms with Gasteiger partial charge < -0.3 is 11.1 Å². The topological polar surface area (TPSA) is 55.1 Å². The number of rotatable bonds is 6. The van der Waals surface area contributed by atoms with E-state index in [1.807, 2.05) is 18.7 Å². The van der Waals surface area contributed by atoms with E-state index in [0.29, 0.717) is 11.3 Å². The predicted octanol–water partition coefficient (Wildman–Crippen LogP) is 2.53. The maximum atomic E-state index is 11.8. The largest absolute Gasteiger partial charge is 0.399 e. The Kier molecular flexibility index (Phi) is 5.91. The highest BCUT2D eigenvalue weighted by atomic mass is 32.2. The summed E-state index contributed by atoms with van der Waals surface area (Å²) >= 11 is 1.89. The number of carbonyl (C=O) groups excluding carboxylic acids is 1. The molecule has 1 amide bonds. The third kappa shape index (κ3) is 5.13. The Morgan fingerprint density at radius 3 is 2.65 bits per heavy atom. The first-order valence-electron chi connectivity index (χ1n) is 5.87. The molecular weight excluding hydrogens is 232 g/mol. The molecule has 94 valence electrons. The van der Waals surface area contributed by atoms with Crippen molar-refractivity contribution in [1.82, 2.24) is 5.32 Å². The van der Waals surface area contributed by atoms with Gasteiger partial charge in [-0.1, -0.05) is 6.92 Å². The van der Waals surface area contributed by atoms with Gasteiger partial charge in [0.2, 0.25) is 0 Å². The molecule has 1 unspecified atom stereocenters. The van der Waals surface area contributed by atoms with Crippen molar-refractivity contribution < 1.29 is 4.79 Å². The van der Waals surface area contributed by atoms with E-state index in [9.17, 15) is 4.79 Å². The summed E-state index contributed by atoms with van der Waals surface area (Å²) in [4.78, 5) is 11.8. The minimum Gasteiger partial charge on any atom is -0.399 e. The fourth-order valence-corrected chi connectivity index (χ4v) is 2.23. The zero-order valence-electron chi connectivity index (χ0n) is 10.4. The smallest absolute Gasteiger partial charge is 0.251 e. The van der Waals surface area contributed by atoms with Gasteiger partial charge in [-0.2, -0.15) is 11.8 Å². The number of hydrogen-bond acceptors (Lipinski definition) is 3. The molecule has 0 bridgehead atoms. The van der Waals surface area contributed by atoms with Crippen molar-refractivity contribution in [3.8, 4) is 0 Å². The highest BCUT2D eigenvalue weighted by molar-refractivity contribution is 7.99. The zero-order chi connectivity index (χ0) is 12.7. The molecule has 0 fully saturated rings. The summed E-state index contributed by atoms with van der Waals surface area (Å²) in [5.74, 6) is 2.18. The number of nitrogens with two attached hydrogens (primary N) is 1.